The standard InChI is InChI=1S/C14H27N3O3/c1-10-4-6-14(7-5-10,13(15)17-19)16-12(18)8-11(2)9-20-3/h10-11,19H,4-9H2,1-3H3,(H2,15,17)(H,16,18). The molecule has 4 N–H and O–H groups in total. The average molecular weight is 285 g/mol. The highest BCUT2D eigenvalue weighted by Gasteiger charge is 2.39. The van der Waals surface area contributed by atoms with Crippen LogP contribution in [0.5, 0.6) is 0 Å². The Morgan fingerprint density at radius 2 is 2.15 bits per heavy atom. The lowest BCUT2D eigenvalue weighted by molar-refractivity contribution is -0.123. The van der Waals surface area contributed by atoms with E-state index in [0.29, 0.717) is 31.8 Å². The molecule has 1 atom stereocenters. The zero-order chi connectivity index (χ0) is 15.2. The minimum atomic E-state index is -0.689. The molecule has 0 aromatic rings. The summed E-state index contributed by atoms with van der Waals surface area (Å²) in [6, 6.07) is 0. The van der Waals surface area contributed by atoms with Gasteiger partial charge in [0.25, 0.3) is 0 Å². The van der Waals surface area contributed by atoms with Crippen molar-refractivity contribution in [3.63, 3.8) is 0 Å². The Kier molecular flexibility index (Phi) is 6.26. The van der Waals surface area contributed by atoms with Gasteiger partial charge < -0.3 is 21.0 Å². The van der Waals surface area contributed by atoms with E-state index in [2.05, 4.69) is 17.4 Å². The minimum absolute atomic E-state index is 0.0734. The maximum Gasteiger partial charge on any atom is 0.221 e. The van der Waals surface area contributed by atoms with Crippen LogP contribution in [0.15, 0.2) is 5.16 Å². The molecule has 0 bridgehead atoms. The fourth-order valence-electron chi connectivity index (χ4n) is 2.77. The second-order valence-corrected chi connectivity index (χ2v) is 6.06. The second kappa shape index (κ2) is 7.47. The zero-order valence-electron chi connectivity index (χ0n) is 12.7. The van der Waals surface area contributed by atoms with Crippen LogP contribution >= 0.6 is 0 Å². The summed E-state index contributed by atoms with van der Waals surface area (Å²) < 4.78 is 5.03. The first-order valence-corrected chi connectivity index (χ1v) is 7.21. The van der Waals surface area contributed by atoms with Gasteiger partial charge in [-0.25, -0.2) is 0 Å². The summed E-state index contributed by atoms with van der Waals surface area (Å²) in [6.45, 7) is 4.68. The quantitative estimate of drug-likeness (QED) is 0.298. The van der Waals surface area contributed by atoms with Gasteiger partial charge in [-0.1, -0.05) is 19.0 Å². The molecule has 1 aliphatic carbocycles. The molecule has 1 aliphatic rings. The molecular formula is C14H27N3O3. The molecule has 1 unspecified atom stereocenters. The summed E-state index contributed by atoms with van der Waals surface area (Å²) >= 11 is 0. The molecule has 6 heteroatoms. The highest BCUT2D eigenvalue weighted by atomic mass is 16.5. The van der Waals surface area contributed by atoms with E-state index in [0.717, 1.165) is 12.8 Å². The Balaban J connectivity index is 2.69. The number of methoxy groups -OCH3 is 1. The molecule has 0 aromatic heterocycles. The van der Waals surface area contributed by atoms with E-state index in [1.807, 2.05) is 6.92 Å². The Hall–Kier alpha value is -1.30. The summed E-state index contributed by atoms with van der Waals surface area (Å²) in [7, 11) is 1.62. The van der Waals surface area contributed by atoms with Gasteiger partial charge in [0.2, 0.25) is 5.91 Å². The summed E-state index contributed by atoms with van der Waals surface area (Å²) in [5.41, 5.74) is 5.14. The molecule has 0 heterocycles. The summed E-state index contributed by atoms with van der Waals surface area (Å²) in [5, 5.41) is 15.1. The van der Waals surface area contributed by atoms with E-state index >= 15 is 0 Å². The van der Waals surface area contributed by atoms with E-state index in [1.54, 1.807) is 7.11 Å². The first-order valence-electron chi connectivity index (χ1n) is 7.21. The van der Waals surface area contributed by atoms with E-state index in [-0.39, 0.29) is 17.7 Å². The number of ether oxygens (including phenoxy) is 1. The van der Waals surface area contributed by atoms with Crippen LogP contribution in [0.3, 0.4) is 0 Å². The lowest BCUT2D eigenvalue weighted by atomic mass is 9.76. The summed E-state index contributed by atoms with van der Waals surface area (Å²) in [6.07, 6.45) is 3.74. The van der Waals surface area contributed by atoms with Crippen molar-refractivity contribution in [1.82, 2.24) is 5.32 Å². The summed E-state index contributed by atoms with van der Waals surface area (Å²) in [5.74, 6) is 0.790. The number of nitrogens with zero attached hydrogens (tertiary/aromatic N) is 1. The molecule has 20 heavy (non-hydrogen) atoms. The topological polar surface area (TPSA) is 96.9 Å². The smallest absolute Gasteiger partial charge is 0.221 e. The third-order valence-electron chi connectivity index (χ3n) is 4.09. The number of nitrogens with one attached hydrogen (secondary N) is 1. The van der Waals surface area contributed by atoms with Crippen LogP contribution in [0.2, 0.25) is 0 Å². The lowest BCUT2D eigenvalue weighted by Gasteiger charge is -2.39. The van der Waals surface area contributed by atoms with Gasteiger partial charge in [0.05, 0.1) is 0 Å². The molecule has 0 radical (unpaired) electrons. The van der Waals surface area contributed by atoms with Gasteiger partial charge >= 0.3 is 0 Å². The predicted molar refractivity (Wildman–Crippen MR) is 77.6 cm³/mol. The Labute approximate surface area is 120 Å². The SMILES string of the molecule is COCC(C)CC(=O)NC1(C(N)=NO)CCC(C)CC1. The van der Waals surface area contributed by atoms with E-state index in [4.69, 9.17) is 15.7 Å². The minimum Gasteiger partial charge on any atom is -0.409 e. The largest absolute Gasteiger partial charge is 0.409 e. The number of carbonyl (C=O) groups excluding carboxylic acids is 1. The van der Waals surface area contributed by atoms with Crippen LogP contribution in [0, 0.1) is 11.8 Å². The molecule has 0 spiro atoms. The van der Waals surface area contributed by atoms with Crippen molar-refractivity contribution in [3.05, 3.63) is 0 Å². The van der Waals surface area contributed by atoms with Crippen LogP contribution < -0.4 is 11.1 Å². The van der Waals surface area contributed by atoms with Crippen molar-refractivity contribution in [2.24, 2.45) is 22.7 Å². The molecule has 1 amide bonds. The molecule has 116 valence electrons. The summed E-state index contributed by atoms with van der Waals surface area (Å²) in [4.78, 5) is 12.1. The van der Waals surface area contributed by atoms with Crippen LogP contribution in [0.25, 0.3) is 0 Å². The third kappa shape index (κ3) is 4.37. The van der Waals surface area contributed by atoms with Crippen molar-refractivity contribution < 1.29 is 14.7 Å². The van der Waals surface area contributed by atoms with Crippen molar-refractivity contribution >= 4 is 11.7 Å². The number of nitrogens with two attached hydrogens (primary N) is 1. The molecule has 1 saturated carbocycles. The van der Waals surface area contributed by atoms with Crippen LogP contribution in [0.1, 0.15) is 46.0 Å². The van der Waals surface area contributed by atoms with Gasteiger partial charge in [0.15, 0.2) is 5.84 Å². The van der Waals surface area contributed by atoms with Crippen molar-refractivity contribution in [2.75, 3.05) is 13.7 Å². The van der Waals surface area contributed by atoms with Crippen molar-refractivity contribution in [1.29, 1.82) is 0 Å². The molecule has 0 aromatic carbocycles. The molecule has 1 fully saturated rings. The Morgan fingerprint density at radius 3 is 2.65 bits per heavy atom. The number of amides is 1. The number of rotatable bonds is 6. The Bertz CT molecular complexity index is 350. The zero-order valence-corrected chi connectivity index (χ0v) is 12.7. The first kappa shape index (κ1) is 16.8. The van der Waals surface area contributed by atoms with Gasteiger partial charge in [-0.15, -0.1) is 0 Å². The average Bonchev–Trinajstić information content (AvgIpc) is 2.40. The number of hydrogen-bond donors (Lipinski definition) is 3. The monoisotopic (exact) mass is 285 g/mol. The molecule has 6 nitrogen and oxygen atoms in total. The number of amidine groups is 1. The molecule has 0 aliphatic heterocycles. The van der Waals surface area contributed by atoms with Crippen LogP contribution in [-0.2, 0) is 9.53 Å². The normalized spacial score (nSPS) is 28.9. The lowest BCUT2D eigenvalue weighted by Crippen LogP contribution is -2.59. The van der Waals surface area contributed by atoms with Crippen LogP contribution in [-0.4, -0.2) is 36.2 Å². The van der Waals surface area contributed by atoms with Crippen LogP contribution in [0.4, 0.5) is 0 Å². The van der Waals surface area contributed by atoms with E-state index in [9.17, 15) is 4.79 Å². The predicted octanol–water partition coefficient (Wildman–Crippen LogP) is 1.47. The van der Waals surface area contributed by atoms with Gasteiger partial charge in [0.1, 0.15) is 5.54 Å². The maximum absolute atomic E-state index is 12.1. The molecule has 0 saturated heterocycles. The van der Waals surface area contributed by atoms with E-state index < -0.39 is 5.54 Å². The van der Waals surface area contributed by atoms with Gasteiger partial charge in [0, 0.05) is 20.1 Å². The Morgan fingerprint density at radius 1 is 1.55 bits per heavy atom. The fourth-order valence-corrected chi connectivity index (χ4v) is 2.77. The second-order valence-electron chi connectivity index (χ2n) is 6.06. The fraction of sp³-hybridized carbons (Fsp3) is 0.857. The van der Waals surface area contributed by atoms with Gasteiger partial charge in [-0.2, -0.15) is 0 Å². The third-order valence-corrected chi connectivity index (χ3v) is 4.09. The number of oxime groups is 1. The van der Waals surface area contributed by atoms with Crippen molar-refractivity contribution in [3.8, 4) is 0 Å². The molecular weight excluding hydrogens is 258 g/mol. The number of carbonyl (C=O) groups is 1. The van der Waals surface area contributed by atoms with E-state index in [1.165, 1.54) is 0 Å². The number of hydrogen-bond acceptors (Lipinski definition) is 4. The maximum atomic E-state index is 12.1. The first-order chi connectivity index (χ1) is 9.43. The van der Waals surface area contributed by atoms with Gasteiger partial charge in [-0.3, -0.25) is 4.79 Å². The van der Waals surface area contributed by atoms with Crippen molar-refractivity contribution in [2.45, 2.75) is 51.5 Å². The molecule has 1 rings (SSSR count). The highest BCUT2D eigenvalue weighted by Crippen LogP contribution is 2.32. The van der Waals surface area contributed by atoms with Gasteiger partial charge in [-0.05, 0) is 37.5 Å². The highest BCUT2D eigenvalue weighted by molar-refractivity contribution is 5.94.